The number of rotatable bonds is 0. The molecule has 3 heteroatoms. The smallest absolute Gasteiger partial charge is 0.121 e. The number of nitriles is 1. The Balaban J connectivity index is 2.35. The molecule has 2 nitrogen and oxygen atoms in total. The molecule has 0 amide bonds. The highest BCUT2D eigenvalue weighted by atomic mass is 32.2. The van der Waals surface area contributed by atoms with Gasteiger partial charge in [0.25, 0.3) is 0 Å². The Morgan fingerprint density at radius 2 is 2.50 bits per heavy atom. The summed E-state index contributed by atoms with van der Waals surface area (Å²) in [6.45, 7) is 0. The fourth-order valence-corrected chi connectivity index (χ4v) is 2.17. The predicted octanol–water partition coefficient (Wildman–Crippen LogP) is 0.279. The maximum absolute atomic E-state index is 10.6. The average Bonchev–Trinajstić information content (AvgIpc) is 2.14. The molecule has 0 aromatic carbocycles. The highest BCUT2D eigenvalue weighted by Gasteiger charge is 2.25. The van der Waals surface area contributed by atoms with Gasteiger partial charge in [0, 0.05) is 6.42 Å². The van der Waals surface area contributed by atoms with Crippen LogP contribution in [0.2, 0.25) is 0 Å². The highest BCUT2D eigenvalue weighted by Crippen LogP contribution is 2.16. The van der Waals surface area contributed by atoms with Gasteiger partial charge in [0.2, 0.25) is 0 Å². The summed E-state index contributed by atoms with van der Waals surface area (Å²) in [6.07, 6.45) is 0.836. The van der Waals surface area contributed by atoms with Gasteiger partial charge in [-0.05, 0) is 0 Å². The van der Waals surface area contributed by atoms with Crippen molar-refractivity contribution in [3.8, 4) is 6.07 Å². The molecule has 0 spiro atoms. The van der Waals surface area contributed by atoms with E-state index in [2.05, 4.69) is 6.07 Å². The van der Waals surface area contributed by atoms with Crippen LogP contribution in [-0.4, -0.2) is 16.1 Å². The van der Waals surface area contributed by atoms with Crippen molar-refractivity contribution < 1.29 is 4.55 Å². The third kappa shape index (κ3) is 1.15. The van der Waals surface area contributed by atoms with Gasteiger partial charge < -0.3 is 4.55 Å². The Morgan fingerprint density at radius 3 is 2.75 bits per heavy atom. The lowest BCUT2D eigenvalue weighted by Gasteiger charge is -1.97. The van der Waals surface area contributed by atoms with Gasteiger partial charge in [-0.2, -0.15) is 5.26 Å². The SMILES string of the molecule is N#CC1CC[S+]([O-])C1. The highest BCUT2D eigenvalue weighted by molar-refractivity contribution is 7.91. The van der Waals surface area contributed by atoms with Gasteiger partial charge in [0.1, 0.15) is 11.5 Å². The molecule has 8 heavy (non-hydrogen) atoms. The second-order valence-corrected chi connectivity index (χ2v) is 3.55. The maximum Gasteiger partial charge on any atom is 0.121 e. The Labute approximate surface area is 51.7 Å². The predicted molar refractivity (Wildman–Crippen MR) is 31.6 cm³/mol. The third-order valence-corrected chi connectivity index (χ3v) is 2.73. The molecule has 44 valence electrons. The zero-order chi connectivity index (χ0) is 5.98. The molecule has 1 fully saturated rings. The van der Waals surface area contributed by atoms with Gasteiger partial charge in [-0.1, -0.05) is 11.2 Å². The molecular weight excluding hydrogens is 122 g/mol. The number of hydrogen-bond acceptors (Lipinski definition) is 2. The first-order valence-electron chi connectivity index (χ1n) is 2.57. The van der Waals surface area contributed by atoms with E-state index < -0.39 is 11.2 Å². The van der Waals surface area contributed by atoms with Crippen molar-refractivity contribution in [3.63, 3.8) is 0 Å². The topological polar surface area (TPSA) is 46.8 Å². The van der Waals surface area contributed by atoms with Gasteiger partial charge in [0.15, 0.2) is 0 Å². The van der Waals surface area contributed by atoms with Gasteiger partial charge in [0.05, 0.1) is 12.0 Å². The molecule has 0 aromatic heterocycles. The largest absolute Gasteiger partial charge is 0.616 e. The summed E-state index contributed by atoms with van der Waals surface area (Å²) in [5.74, 6) is 1.42. The first kappa shape index (κ1) is 5.93. The zero-order valence-electron chi connectivity index (χ0n) is 4.46. The quantitative estimate of drug-likeness (QED) is 0.441. The summed E-state index contributed by atoms with van der Waals surface area (Å²) in [5.41, 5.74) is 0. The lowest BCUT2D eigenvalue weighted by Crippen LogP contribution is -2.02. The van der Waals surface area contributed by atoms with Crippen molar-refractivity contribution in [2.24, 2.45) is 5.92 Å². The average molecular weight is 129 g/mol. The molecule has 0 radical (unpaired) electrons. The Bertz CT molecular complexity index is 120. The Morgan fingerprint density at radius 1 is 1.75 bits per heavy atom. The van der Waals surface area contributed by atoms with Crippen molar-refractivity contribution in [1.82, 2.24) is 0 Å². The minimum absolute atomic E-state index is 0.0795. The summed E-state index contributed by atoms with van der Waals surface area (Å²) in [4.78, 5) is 0. The molecule has 0 bridgehead atoms. The standard InChI is InChI=1S/C5H7NOS/c6-3-5-1-2-8(7)4-5/h5H,1-2,4H2. The van der Waals surface area contributed by atoms with Crippen LogP contribution in [0.5, 0.6) is 0 Å². The maximum atomic E-state index is 10.6. The summed E-state index contributed by atoms with van der Waals surface area (Å²) < 4.78 is 10.6. The van der Waals surface area contributed by atoms with Crippen LogP contribution in [0, 0.1) is 17.2 Å². The minimum Gasteiger partial charge on any atom is -0.616 e. The molecular formula is C5H7NOS. The van der Waals surface area contributed by atoms with Crippen molar-refractivity contribution >= 4 is 11.2 Å². The molecule has 1 heterocycles. The van der Waals surface area contributed by atoms with Crippen LogP contribution < -0.4 is 0 Å². The van der Waals surface area contributed by atoms with E-state index in [1.165, 1.54) is 0 Å². The second kappa shape index (κ2) is 2.38. The molecule has 0 N–H and O–H groups in total. The van der Waals surface area contributed by atoms with Gasteiger partial charge in [-0.25, -0.2) is 0 Å². The van der Waals surface area contributed by atoms with Gasteiger partial charge >= 0.3 is 0 Å². The van der Waals surface area contributed by atoms with E-state index in [9.17, 15) is 4.55 Å². The molecule has 1 aliphatic heterocycles. The van der Waals surface area contributed by atoms with Gasteiger partial charge in [-0.3, -0.25) is 0 Å². The first-order valence-corrected chi connectivity index (χ1v) is 4.06. The van der Waals surface area contributed by atoms with Crippen LogP contribution in [0.25, 0.3) is 0 Å². The van der Waals surface area contributed by atoms with Crippen molar-refractivity contribution in [1.29, 1.82) is 5.26 Å². The lowest BCUT2D eigenvalue weighted by atomic mass is 10.2. The Kier molecular flexibility index (Phi) is 1.77. The van der Waals surface area contributed by atoms with Crippen LogP contribution in [0.15, 0.2) is 0 Å². The molecule has 0 aliphatic carbocycles. The summed E-state index contributed by atoms with van der Waals surface area (Å²) >= 11 is -0.675. The molecule has 1 saturated heterocycles. The number of nitrogens with zero attached hydrogens (tertiary/aromatic N) is 1. The van der Waals surface area contributed by atoms with Crippen molar-refractivity contribution in [2.75, 3.05) is 11.5 Å². The van der Waals surface area contributed by atoms with Crippen LogP contribution >= 0.6 is 0 Å². The fraction of sp³-hybridized carbons (Fsp3) is 0.800. The van der Waals surface area contributed by atoms with E-state index in [1.807, 2.05) is 0 Å². The molecule has 0 aromatic rings. The zero-order valence-corrected chi connectivity index (χ0v) is 5.28. The first-order chi connectivity index (χ1) is 3.83. The fourth-order valence-electron chi connectivity index (χ4n) is 0.767. The molecule has 0 saturated carbocycles. The normalized spacial score (nSPS) is 37.0. The van der Waals surface area contributed by atoms with Crippen LogP contribution in [0.3, 0.4) is 0 Å². The van der Waals surface area contributed by atoms with Crippen molar-refractivity contribution in [3.05, 3.63) is 0 Å². The molecule has 1 aliphatic rings. The van der Waals surface area contributed by atoms with E-state index in [4.69, 9.17) is 5.26 Å². The van der Waals surface area contributed by atoms with E-state index in [1.54, 1.807) is 0 Å². The summed E-state index contributed by atoms with van der Waals surface area (Å²) in [5, 5.41) is 8.30. The Hall–Kier alpha value is -0.200. The molecule has 1 rings (SSSR count). The van der Waals surface area contributed by atoms with Gasteiger partial charge in [-0.15, -0.1) is 0 Å². The second-order valence-electron chi connectivity index (χ2n) is 1.93. The third-order valence-electron chi connectivity index (χ3n) is 1.26. The molecule has 2 atom stereocenters. The summed E-state index contributed by atoms with van der Waals surface area (Å²) in [6, 6.07) is 2.10. The monoisotopic (exact) mass is 129 g/mol. The minimum atomic E-state index is -0.675. The van der Waals surface area contributed by atoms with Crippen molar-refractivity contribution in [2.45, 2.75) is 6.42 Å². The van der Waals surface area contributed by atoms with E-state index in [0.717, 1.165) is 12.2 Å². The lowest BCUT2D eigenvalue weighted by molar-refractivity contribution is 0.600. The van der Waals surface area contributed by atoms with E-state index in [0.29, 0.717) is 5.75 Å². The molecule has 2 unspecified atom stereocenters. The van der Waals surface area contributed by atoms with E-state index in [-0.39, 0.29) is 5.92 Å². The van der Waals surface area contributed by atoms with E-state index >= 15 is 0 Å². The van der Waals surface area contributed by atoms with Crippen LogP contribution in [0.1, 0.15) is 6.42 Å². The van der Waals surface area contributed by atoms with Crippen LogP contribution in [-0.2, 0) is 11.2 Å². The summed E-state index contributed by atoms with van der Waals surface area (Å²) in [7, 11) is 0. The number of hydrogen-bond donors (Lipinski definition) is 0. The van der Waals surface area contributed by atoms with Crippen LogP contribution in [0.4, 0.5) is 0 Å².